The van der Waals surface area contributed by atoms with E-state index in [2.05, 4.69) is 0 Å². The molecule has 8 heteroatoms. The van der Waals surface area contributed by atoms with Crippen LogP contribution in [0.2, 0.25) is 10.0 Å². The van der Waals surface area contributed by atoms with Crippen LogP contribution in [0.1, 0.15) is 12.0 Å². The SMILES string of the molecule is CN(C)CCCc1c(N)c(-c2ccc(F)cc2Cl)c(F)c(N)c1-c1ccc(F)cc1Cl. The summed E-state index contributed by atoms with van der Waals surface area (Å²) in [5.74, 6) is -1.87. The number of nitrogen functional groups attached to an aromatic ring is 2. The monoisotopic (exact) mass is 467 g/mol. The van der Waals surface area contributed by atoms with Gasteiger partial charge in [0.25, 0.3) is 0 Å². The fourth-order valence-electron chi connectivity index (χ4n) is 3.60. The van der Waals surface area contributed by atoms with Crippen LogP contribution >= 0.6 is 23.2 Å². The highest BCUT2D eigenvalue weighted by Crippen LogP contribution is 2.46. The molecule has 0 aliphatic carbocycles. The van der Waals surface area contributed by atoms with Crippen molar-refractivity contribution < 1.29 is 13.2 Å². The van der Waals surface area contributed by atoms with Crippen molar-refractivity contribution in [2.75, 3.05) is 32.1 Å². The fraction of sp³-hybridized carbons (Fsp3) is 0.217. The number of hydrogen-bond acceptors (Lipinski definition) is 3. The van der Waals surface area contributed by atoms with E-state index in [0.717, 1.165) is 18.7 Å². The van der Waals surface area contributed by atoms with E-state index in [4.69, 9.17) is 34.7 Å². The Hall–Kier alpha value is -2.41. The van der Waals surface area contributed by atoms with Crippen LogP contribution in [0.4, 0.5) is 24.5 Å². The zero-order valence-electron chi connectivity index (χ0n) is 17.1. The predicted molar refractivity (Wildman–Crippen MR) is 123 cm³/mol. The van der Waals surface area contributed by atoms with Crippen LogP contribution in [0.3, 0.4) is 0 Å². The van der Waals surface area contributed by atoms with Crippen LogP contribution in [0.15, 0.2) is 36.4 Å². The Morgan fingerprint density at radius 2 is 1.32 bits per heavy atom. The van der Waals surface area contributed by atoms with Crippen molar-refractivity contribution in [2.24, 2.45) is 0 Å². The van der Waals surface area contributed by atoms with Crippen molar-refractivity contribution in [3.8, 4) is 22.3 Å². The van der Waals surface area contributed by atoms with Gasteiger partial charge in [-0.05, 0) is 75.4 Å². The van der Waals surface area contributed by atoms with Crippen LogP contribution in [0, 0.1) is 17.5 Å². The van der Waals surface area contributed by atoms with E-state index in [1.165, 1.54) is 24.3 Å². The summed E-state index contributed by atoms with van der Waals surface area (Å²) >= 11 is 12.5. The van der Waals surface area contributed by atoms with Crippen LogP contribution in [0.25, 0.3) is 22.3 Å². The molecule has 0 aliphatic heterocycles. The van der Waals surface area contributed by atoms with Crippen molar-refractivity contribution in [2.45, 2.75) is 12.8 Å². The van der Waals surface area contributed by atoms with Gasteiger partial charge in [-0.3, -0.25) is 0 Å². The zero-order valence-corrected chi connectivity index (χ0v) is 18.6. The van der Waals surface area contributed by atoms with Gasteiger partial charge in [0, 0.05) is 27.9 Å². The van der Waals surface area contributed by atoms with Gasteiger partial charge in [-0.2, -0.15) is 0 Å². The van der Waals surface area contributed by atoms with Crippen molar-refractivity contribution >= 4 is 34.6 Å². The maximum atomic E-state index is 15.5. The standard InChI is InChI=1S/C23H22Cl2F3N3/c1-31(2)9-3-4-16-19(14-7-5-12(26)10-17(14)24)23(30)21(28)20(22(16)29)15-8-6-13(27)11-18(15)25/h5-8,10-11H,3-4,9,29-30H2,1-2H3. The number of anilines is 2. The van der Waals surface area contributed by atoms with Gasteiger partial charge in [0.2, 0.25) is 0 Å². The number of halogens is 5. The van der Waals surface area contributed by atoms with Crippen LogP contribution in [0.5, 0.6) is 0 Å². The average Bonchev–Trinajstić information content (AvgIpc) is 2.68. The highest BCUT2D eigenvalue weighted by Gasteiger charge is 2.25. The van der Waals surface area contributed by atoms with E-state index in [0.29, 0.717) is 29.5 Å². The second kappa shape index (κ2) is 9.39. The molecule has 0 heterocycles. The molecule has 3 nitrogen and oxygen atoms in total. The molecule has 0 bridgehead atoms. The summed E-state index contributed by atoms with van der Waals surface area (Å²) in [6, 6.07) is 7.43. The molecular formula is C23H22Cl2F3N3. The lowest BCUT2D eigenvalue weighted by Gasteiger charge is -2.22. The number of nitrogens with two attached hydrogens (primary N) is 2. The first-order valence-electron chi connectivity index (χ1n) is 9.56. The molecule has 3 rings (SSSR count). The Labute approximate surface area is 189 Å². The van der Waals surface area contributed by atoms with E-state index in [9.17, 15) is 8.78 Å². The third-order valence-electron chi connectivity index (χ3n) is 5.05. The number of hydrogen-bond donors (Lipinski definition) is 2. The number of rotatable bonds is 6. The number of nitrogens with zero attached hydrogens (tertiary/aromatic N) is 1. The maximum Gasteiger partial charge on any atom is 0.156 e. The Balaban J connectivity index is 2.30. The van der Waals surface area contributed by atoms with Crippen molar-refractivity contribution in [3.05, 3.63) is 69.5 Å². The Bertz CT molecular complexity index is 1130. The Morgan fingerprint density at radius 3 is 1.81 bits per heavy atom. The first-order valence-corrected chi connectivity index (χ1v) is 10.3. The third-order valence-corrected chi connectivity index (χ3v) is 5.68. The molecule has 0 radical (unpaired) electrons. The molecule has 0 aliphatic rings. The molecule has 4 N–H and O–H groups in total. The minimum atomic E-state index is -0.794. The smallest absolute Gasteiger partial charge is 0.156 e. The predicted octanol–water partition coefficient (Wildman–Crippen LogP) is 6.40. The van der Waals surface area contributed by atoms with Crippen LogP contribution in [-0.2, 0) is 6.42 Å². The molecule has 31 heavy (non-hydrogen) atoms. The van der Waals surface area contributed by atoms with Gasteiger partial charge in [0.15, 0.2) is 5.82 Å². The van der Waals surface area contributed by atoms with E-state index in [-0.39, 0.29) is 32.5 Å². The summed E-state index contributed by atoms with van der Waals surface area (Å²) in [6.45, 7) is 0.750. The van der Waals surface area contributed by atoms with Crippen molar-refractivity contribution in [3.63, 3.8) is 0 Å². The molecule has 0 spiro atoms. The summed E-state index contributed by atoms with van der Waals surface area (Å²) in [5.41, 5.74) is 14.1. The normalized spacial score (nSPS) is 11.4. The van der Waals surface area contributed by atoms with Gasteiger partial charge in [-0.1, -0.05) is 23.2 Å². The summed E-state index contributed by atoms with van der Waals surface area (Å²) in [5, 5.41) is 0.101. The summed E-state index contributed by atoms with van der Waals surface area (Å²) in [7, 11) is 3.87. The molecule has 0 saturated carbocycles. The van der Waals surface area contributed by atoms with Gasteiger partial charge < -0.3 is 16.4 Å². The average molecular weight is 468 g/mol. The molecule has 0 fully saturated rings. The quantitative estimate of drug-likeness (QED) is 0.412. The van der Waals surface area contributed by atoms with E-state index < -0.39 is 17.5 Å². The second-order valence-corrected chi connectivity index (χ2v) is 8.34. The molecule has 0 atom stereocenters. The van der Waals surface area contributed by atoms with Gasteiger partial charge in [-0.25, -0.2) is 13.2 Å². The van der Waals surface area contributed by atoms with Gasteiger partial charge >= 0.3 is 0 Å². The number of benzene rings is 3. The molecule has 164 valence electrons. The van der Waals surface area contributed by atoms with E-state index >= 15 is 4.39 Å². The minimum absolute atomic E-state index is 0.00402. The van der Waals surface area contributed by atoms with E-state index in [1.54, 1.807) is 0 Å². The van der Waals surface area contributed by atoms with Crippen molar-refractivity contribution in [1.29, 1.82) is 0 Å². The molecule has 3 aromatic rings. The Morgan fingerprint density at radius 1 is 0.806 bits per heavy atom. The highest BCUT2D eigenvalue weighted by atomic mass is 35.5. The first-order chi connectivity index (χ1) is 14.6. The highest BCUT2D eigenvalue weighted by molar-refractivity contribution is 6.34. The largest absolute Gasteiger partial charge is 0.398 e. The Kier molecular flexibility index (Phi) is 7.04. The fourth-order valence-corrected chi connectivity index (χ4v) is 4.12. The molecular weight excluding hydrogens is 446 g/mol. The molecule has 0 aromatic heterocycles. The zero-order chi connectivity index (χ0) is 22.9. The molecule has 0 unspecified atom stereocenters. The second-order valence-electron chi connectivity index (χ2n) is 7.53. The molecule has 3 aromatic carbocycles. The summed E-state index contributed by atoms with van der Waals surface area (Å²) in [4.78, 5) is 2.01. The topological polar surface area (TPSA) is 55.3 Å². The molecule has 0 saturated heterocycles. The van der Waals surface area contributed by atoms with Gasteiger partial charge in [0.1, 0.15) is 11.6 Å². The minimum Gasteiger partial charge on any atom is -0.398 e. The van der Waals surface area contributed by atoms with Crippen molar-refractivity contribution in [1.82, 2.24) is 4.90 Å². The van der Waals surface area contributed by atoms with Crippen LogP contribution in [-0.4, -0.2) is 25.5 Å². The van der Waals surface area contributed by atoms with Gasteiger partial charge in [-0.15, -0.1) is 0 Å². The summed E-state index contributed by atoms with van der Waals surface area (Å²) in [6.07, 6.45) is 1.16. The van der Waals surface area contributed by atoms with Crippen LogP contribution < -0.4 is 11.5 Å². The van der Waals surface area contributed by atoms with Gasteiger partial charge in [0.05, 0.1) is 15.7 Å². The molecule has 0 amide bonds. The summed E-state index contributed by atoms with van der Waals surface area (Å²) < 4.78 is 42.7. The first kappa shape index (κ1) is 23.3. The lowest BCUT2D eigenvalue weighted by molar-refractivity contribution is 0.400. The lowest BCUT2D eigenvalue weighted by Crippen LogP contribution is -2.15. The third kappa shape index (κ3) is 4.76. The maximum absolute atomic E-state index is 15.5. The lowest BCUT2D eigenvalue weighted by atomic mass is 9.88. The van der Waals surface area contributed by atoms with E-state index in [1.807, 2.05) is 19.0 Å².